The Morgan fingerprint density at radius 3 is 2.54 bits per heavy atom. The molecule has 0 N–H and O–H groups in total. The van der Waals surface area contributed by atoms with Crippen molar-refractivity contribution in [1.29, 1.82) is 0 Å². The fourth-order valence-electron chi connectivity index (χ4n) is 2.95. The van der Waals surface area contributed by atoms with Gasteiger partial charge in [0, 0.05) is 11.9 Å². The highest BCUT2D eigenvalue weighted by molar-refractivity contribution is 7.89. The van der Waals surface area contributed by atoms with Crippen molar-refractivity contribution in [3.63, 3.8) is 0 Å². The van der Waals surface area contributed by atoms with Crippen molar-refractivity contribution in [2.24, 2.45) is 0 Å². The molecule has 0 aliphatic rings. The molecule has 0 atom stereocenters. The molecule has 2 aromatic heterocycles. The van der Waals surface area contributed by atoms with Gasteiger partial charge >= 0.3 is 0 Å². The minimum Gasteiger partial charge on any atom is -0.468 e. The number of fused-ring (bicyclic) bond motifs is 1. The summed E-state index contributed by atoms with van der Waals surface area (Å²) in [7, 11) is -3.70. The second kappa shape index (κ2) is 7.07. The first kappa shape index (κ1) is 17.0. The summed E-state index contributed by atoms with van der Waals surface area (Å²) in [5.74, 6) is 0.615. The van der Waals surface area contributed by atoms with Gasteiger partial charge in [-0.25, -0.2) is 8.42 Å². The highest BCUT2D eigenvalue weighted by atomic mass is 32.2. The van der Waals surface area contributed by atoms with Crippen LogP contribution in [-0.2, 0) is 23.1 Å². The Hall–Kier alpha value is -2.41. The zero-order valence-electron chi connectivity index (χ0n) is 13.9. The maximum Gasteiger partial charge on any atom is 0.244 e. The van der Waals surface area contributed by atoms with Gasteiger partial charge in [-0.05, 0) is 46.0 Å². The number of benzene rings is 2. The van der Waals surface area contributed by atoms with E-state index >= 15 is 0 Å². The zero-order valence-corrected chi connectivity index (χ0v) is 15.5. The molecular weight excluding hydrogens is 366 g/mol. The Morgan fingerprint density at radius 2 is 1.77 bits per heavy atom. The molecule has 0 fully saturated rings. The molecule has 0 aliphatic heterocycles. The highest BCUT2D eigenvalue weighted by Crippen LogP contribution is 2.28. The molecule has 0 aliphatic carbocycles. The van der Waals surface area contributed by atoms with Crippen LogP contribution >= 0.6 is 11.3 Å². The van der Waals surface area contributed by atoms with E-state index < -0.39 is 10.0 Å². The molecule has 0 bridgehead atoms. The number of furan rings is 1. The molecule has 0 radical (unpaired) electrons. The van der Waals surface area contributed by atoms with Gasteiger partial charge in [-0.15, -0.1) is 0 Å². The monoisotopic (exact) mass is 383 g/mol. The van der Waals surface area contributed by atoms with E-state index in [1.54, 1.807) is 41.9 Å². The fraction of sp³-hybridized carbons (Fsp3) is 0.100. The largest absolute Gasteiger partial charge is 0.468 e. The Kier molecular flexibility index (Phi) is 4.63. The maximum absolute atomic E-state index is 13.5. The van der Waals surface area contributed by atoms with Crippen molar-refractivity contribution < 1.29 is 12.8 Å². The lowest BCUT2D eigenvalue weighted by Crippen LogP contribution is -2.30. The maximum atomic E-state index is 13.5. The summed E-state index contributed by atoms with van der Waals surface area (Å²) in [6.45, 7) is 0.490. The second-order valence-electron chi connectivity index (χ2n) is 5.96. The van der Waals surface area contributed by atoms with Crippen molar-refractivity contribution >= 4 is 32.1 Å². The van der Waals surface area contributed by atoms with E-state index in [-0.39, 0.29) is 6.54 Å². The van der Waals surface area contributed by atoms with Gasteiger partial charge in [-0.3, -0.25) is 0 Å². The minimum absolute atomic E-state index is 0.189. The quantitative estimate of drug-likeness (QED) is 0.476. The second-order valence-corrected chi connectivity index (χ2v) is 8.65. The molecule has 0 unspecified atom stereocenters. The molecule has 6 heteroatoms. The molecule has 2 aromatic carbocycles. The van der Waals surface area contributed by atoms with Gasteiger partial charge in [-0.2, -0.15) is 15.6 Å². The average molecular weight is 383 g/mol. The fourth-order valence-corrected chi connectivity index (χ4v) is 5.22. The average Bonchev–Trinajstić information content (AvgIpc) is 3.34. The first-order valence-corrected chi connectivity index (χ1v) is 10.5. The van der Waals surface area contributed by atoms with Crippen LogP contribution in [0.3, 0.4) is 0 Å². The summed E-state index contributed by atoms with van der Waals surface area (Å²) < 4.78 is 33.8. The SMILES string of the molecule is O=S(=O)(c1cccc2ccccc12)N(Cc1ccsc1)Cc1ccco1. The molecule has 0 amide bonds. The van der Waals surface area contributed by atoms with Crippen LogP contribution in [0.4, 0.5) is 0 Å². The number of hydrogen-bond acceptors (Lipinski definition) is 4. The summed E-state index contributed by atoms with van der Waals surface area (Å²) >= 11 is 1.55. The smallest absolute Gasteiger partial charge is 0.244 e. The van der Waals surface area contributed by atoms with Crippen molar-refractivity contribution in [1.82, 2.24) is 4.31 Å². The van der Waals surface area contributed by atoms with E-state index in [4.69, 9.17) is 4.42 Å². The summed E-state index contributed by atoms with van der Waals surface area (Å²) in [4.78, 5) is 0.317. The molecule has 132 valence electrons. The Balaban J connectivity index is 1.79. The van der Waals surface area contributed by atoms with Crippen LogP contribution in [0.2, 0.25) is 0 Å². The van der Waals surface area contributed by atoms with Crippen LogP contribution in [0, 0.1) is 0 Å². The van der Waals surface area contributed by atoms with E-state index in [9.17, 15) is 8.42 Å². The van der Waals surface area contributed by atoms with E-state index in [1.807, 2.05) is 47.2 Å². The van der Waals surface area contributed by atoms with Gasteiger partial charge in [0.2, 0.25) is 10.0 Å². The normalized spacial score (nSPS) is 12.0. The van der Waals surface area contributed by atoms with Gasteiger partial charge < -0.3 is 4.42 Å². The van der Waals surface area contributed by atoms with Crippen LogP contribution in [0.1, 0.15) is 11.3 Å². The summed E-state index contributed by atoms with van der Waals surface area (Å²) in [6, 6.07) is 18.4. The van der Waals surface area contributed by atoms with Crippen molar-refractivity contribution in [3.05, 3.63) is 89.0 Å². The number of thiophene rings is 1. The first-order valence-electron chi connectivity index (χ1n) is 8.16. The Labute approximate surface area is 156 Å². The summed E-state index contributed by atoms with van der Waals surface area (Å²) in [5, 5.41) is 5.55. The molecule has 26 heavy (non-hydrogen) atoms. The molecule has 0 spiro atoms. The van der Waals surface area contributed by atoms with Crippen LogP contribution in [0.25, 0.3) is 10.8 Å². The van der Waals surface area contributed by atoms with Gasteiger partial charge in [0.25, 0.3) is 0 Å². The third kappa shape index (κ3) is 3.31. The van der Waals surface area contributed by atoms with Crippen LogP contribution < -0.4 is 0 Å². The van der Waals surface area contributed by atoms with Gasteiger partial charge in [0.15, 0.2) is 0 Å². The van der Waals surface area contributed by atoms with E-state index in [0.717, 1.165) is 16.3 Å². The van der Waals surface area contributed by atoms with Crippen molar-refractivity contribution in [2.75, 3.05) is 0 Å². The predicted octanol–water partition coefficient (Wildman–Crippen LogP) is 4.89. The third-order valence-corrected chi connectivity index (χ3v) is 6.80. The van der Waals surface area contributed by atoms with Crippen LogP contribution in [0.15, 0.2) is 87.0 Å². The zero-order chi connectivity index (χ0) is 18.0. The Bertz CT molecular complexity index is 1060. The molecule has 4 rings (SSSR count). The van der Waals surface area contributed by atoms with Crippen molar-refractivity contribution in [3.8, 4) is 0 Å². The molecule has 4 aromatic rings. The summed E-state index contributed by atoms with van der Waals surface area (Å²) in [5.41, 5.74) is 0.963. The predicted molar refractivity (Wildman–Crippen MR) is 103 cm³/mol. The van der Waals surface area contributed by atoms with Gasteiger partial charge in [-0.1, -0.05) is 36.4 Å². The highest BCUT2D eigenvalue weighted by Gasteiger charge is 2.27. The number of nitrogens with zero attached hydrogens (tertiary/aromatic N) is 1. The third-order valence-electron chi connectivity index (χ3n) is 4.22. The lowest BCUT2D eigenvalue weighted by atomic mass is 10.1. The lowest BCUT2D eigenvalue weighted by molar-refractivity contribution is 0.359. The number of rotatable bonds is 6. The van der Waals surface area contributed by atoms with Crippen LogP contribution in [-0.4, -0.2) is 12.7 Å². The standard InChI is InChI=1S/C20H17NO3S2/c22-26(23,20-9-3-6-17-5-1-2-8-19(17)20)21(13-16-10-12-25-15-16)14-18-7-4-11-24-18/h1-12,15H,13-14H2. The molecular formula is C20H17NO3S2. The molecule has 0 saturated heterocycles. The van der Waals surface area contributed by atoms with Gasteiger partial charge in [0.05, 0.1) is 17.7 Å². The van der Waals surface area contributed by atoms with E-state index in [0.29, 0.717) is 17.2 Å². The van der Waals surface area contributed by atoms with Crippen molar-refractivity contribution in [2.45, 2.75) is 18.0 Å². The summed E-state index contributed by atoms with van der Waals surface area (Å²) in [6.07, 6.45) is 1.56. The minimum atomic E-state index is -3.70. The van der Waals surface area contributed by atoms with Crippen LogP contribution in [0.5, 0.6) is 0 Å². The first-order chi connectivity index (χ1) is 12.6. The van der Waals surface area contributed by atoms with E-state index in [1.165, 1.54) is 4.31 Å². The number of hydrogen-bond donors (Lipinski definition) is 0. The molecule has 4 nitrogen and oxygen atoms in total. The van der Waals surface area contributed by atoms with E-state index in [2.05, 4.69) is 0 Å². The Morgan fingerprint density at radius 1 is 0.923 bits per heavy atom. The molecule has 0 saturated carbocycles. The molecule has 2 heterocycles. The van der Waals surface area contributed by atoms with Gasteiger partial charge in [0.1, 0.15) is 5.76 Å². The number of sulfonamides is 1. The lowest BCUT2D eigenvalue weighted by Gasteiger charge is -2.22. The topological polar surface area (TPSA) is 50.5 Å².